The Kier molecular flexibility index (Phi) is 6.93. The summed E-state index contributed by atoms with van der Waals surface area (Å²) in [4.78, 5) is 24.8. The molecule has 0 N–H and O–H groups in total. The van der Waals surface area contributed by atoms with Crippen LogP contribution in [-0.4, -0.2) is 84.3 Å². The highest BCUT2D eigenvalue weighted by Gasteiger charge is 2.41. The number of likely N-dealkylation sites (N-methyl/N-ethyl adjacent to an activating group) is 1. The summed E-state index contributed by atoms with van der Waals surface area (Å²) in [5.41, 5.74) is 1.01. The van der Waals surface area contributed by atoms with Gasteiger partial charge < -0.3 is 19.3 Å². The topological polar surface area (TPSA) is 67.8 Å². The second kappa shape index (κ2) is 9.39. The van der Waals surface area contributed by atoms with Gasteiger partial charge in [-0.1, -0.05) is 0 Å². The van der Waals surface area contributed by atoms with Gasteiger partial charge in [-0.15, -0.1) is 0 Å². The first kappa shape index (κ1) is 19.2. The van der Waals surface area contributed by atoms with E-state index in [2.05, 4.69) is 14.9 Å². The molecule has 1 amide bonds. The van der Waals surface area contributed by atoms with Gasteiger partial charge in [-0.2, -0.15) is 0 Å². The van der Waals surface area contributed by atoms with Crippen LogP contribution in [0.25, 0.3) is 0 Å². The number of rotatable bonds is 8. The van der Waals surface area contributed by atoms with Crippen molar-refractivity contribution >= 4 is 5.91 Å². The first-order chi connectivity index (χ1) is 12.6. The summed E-state index contributed by atoms with van der Waals surface area (Å²) in [5, 5.41) is 0. The molecule has 2 aliphatic heterocycles. The van der Waals surface area contributed by atoms with E-state index in [0.717, 1.165) is 44.5 Å². The first-order valence-corrected chi connectivity index (χ1v) is 9.55. The Morgan fingerprint density at radius 2 is 2.12 bits per heavy atom. The highest BCUT2D eigenvalue weighted by atomic mass is 16.5. The van der Waals surface area contributed by atoms with E-state index in [-0.39, 0.29) is 24.2 Å². The molecule has 2 aliphatic rings. The number of amides is 1. The predicted octanol–water partition coefficient (Wildman–Crippen LogP) is 1.14. The number of carbonyl (C=O) groups excluding carboxylic acids is 1. The van der Waals surface area contributed by atoms with Gasteiger partial charge in [0.25, 0.3) is 0 Å². The maximum atomic E-state index is 12.6. The summed E-state index contributed by atoms with van der Waals surface area (Å²) in [7, 11) is 4.08. The van der Waals surface area contributed by atoms with E-state index < -0.39 is 0 Å². The van der Waals surface area contributed by atoms with Crippen LogP contribution in [-0.2, 0) is 20.7 Å². The zero-order chi connectivity index (χ0) is 18.4. The van der Waals surface area contributed by atoms with Crippen LogP contribution in [0.3, 0.4) is 0 Å². The van der Waals surface area contributed by atoms with Gasteiger partial charge in [0.1, 0.15) is 6.33 Å². The van der Waals surface area contributed by atoms with Crippen LogP contribution in [0.5, 0.6) is 0 Å². The maximum absolute atomic E-state index is 12.6. The first-order valence-electron chi connectivity index (χ1n) is 9.55. The molecule has 2 fully saturated rings. The monoisotopic (exact) mass is 362 g/mol. The number of hydrogen-bond donors (Lipinski definition) is 0. The largest absolute Gasteiger partial charge is 0.377 e. The Morgan fingerprint density at radius 3 is 2.88 bits per heavy atom. The average Bonchev–Trinajstić information content (AvgIpc) is 3.07. The molecule has 26 heavy (non-hydrogen) atoms. The standard InChI is InChI=1S/C19H30N4O3/c1-22(2)9-10-25-13-16-4-5-17-18(26-16)7-8-23(17)19(24)6-3-15-11-20-14-21-12-15/h11-12,14,16-18H,3-10,13H2,1-2H3/t16-,17+,18+/m0/s1. The molecule has 0 radical (unpaired) electrons. The summed E-state index contributed by atoms with van der Waals surface area (Å²) < 4.78 is 11.9. The SMILES string of the molecule is CN(C)CCOC[C@@H]1CC[C@@H]2[C@@H](CCN2C(=O)CCc2cncnc2)O1. The smallest absolute Gasteiger partial charge is 0.223 e. The van der Waals surface area contributed by atoms with E-state index in [0.29, 0.717) is 19.4 Å². The number of hydrogen-bond acceptors (Lipinski definition) is 6. The number of carbonyl (C=O) groups is 1. The highest BCUT2D eigenvalue weighted by Crippen LogP contribution is 2.32. The summed E-state index contributed by atoms with van der Waals surface area (Å²) >= 11 is 0. The van der Waals surface area contributed by atoms with E-state index in [4.69, 9.17) is 9.47 Å². The minimum absolute atomic E-state index is 0.162. The molecule has 0 unspecified atom stereocenters. The van der Waals surface area contributed by atoms with Crippen molar-refractivity contribution in [1.82, 2.24) is 19.8 Å². The van der Waals surface area contributed by atoms with Crippen molar-refractivity contribution in [3.8, 4) is 0 Å². The normalized spacial score (nSPS) is 25.5. The van der Waals surface area contributed by atoms with Gasteiger partial charge in [0.2, 0.25) is 5.91 Å². The third-order valence-electron chi connectivity index (χ3n) is 5.18. The highest BCUT2D eigenvalue weighted by molar-refractivity contribution is 5.77. The lowest BCUT2D eigenvalue weighted by Gasteiger charge is -2.36. The molecule has 1 aromatic heterocycles. The van der Waals surface area contributed by atoms with Crippen LogP contribution < -0.4 is 0 Å². The van der Waals surface area contributed by atoms with Gasteiger partial charge in [-0.3, -0.25) is 4.79 Å². The lowest BCUT2D eigenvalue weighted by Crippen LogP contribution is -2.46. The fourth-order valence-corrected chi connectivity index (χ4v) is 3.75. The molecule has 0 bridgehead atoms. The van der Waals surface area contributed by atoms with E-state index >= 15 is 0 Å². The number of ether oxygens (including phenoxy) is 2. The number of likely N-dealkylation sites (tertiary alicyclic amines) is 1. The predicted molar refractivity (Wildman–Crippen MR) is 97.7 cm³/mol. The Balaban J connectivity index is 1.41. The Labute approximate surface area is 155 Å². The number of nitrogens with zero attached hydrogens (tertiary/aromatic N) is 4. The van der Waals surface area contributed by atoms with Gasteiger partial charge >= 0.3 is 0 Å². The van der Waals surface area contributed by atoms with Crippen molar-refractivity contribution in [2.75, 3.05) is 40.4 Å². The van der Waals surface area contributed by atoms with E-state index in [1.54, 1.807) is 12.4 Å². The summed E-state index contributed by atoms with van der Waals surface area (Å²) in [5.74, 6) is 0.214. The molecule has 3 atom stereocenters. The summed E-state index contributed by atoms with van der Waals surface area (Å²) in [6.45, 7) is 3.11. The molecule has 7 nitrogen and oxygen atoms in total. The molecule has 2 saturated heterocycles. The molecule has 0 aromatic carbocycles. The van der Waals surface area contributed by atoms with Gasteiger partial charge in [-0.05, 0) is 45.3 Å². The molecule has 0 saturated carbocycles. The van der Waals surface area contributed by atoms with Crippen molar-refractivity contribution in [1.29, 1.82) is 0 Å². The number of fused-ring (bicyclic) bond motifs is 1. The minimum Gasteiger partial charge on any atom is -0.377 e. The van der Waals surface area contributed by atoms with E-state index in [1.807, 2.05) is 19.0 Å². The van der Waals surface area contributed by atoms with Gasteiger partial charge in [0.15, 0.2) is 0 Å². The van der Waals surface area contributed by atoms with Crippen molar-refractivity contribution in [3.63, 3.8) is 0 Å². The van der Waals surface area contributed by atoms with Crippen molar-refractivity contribution < 1.29 is 14.3 Å². The average molecular weight is 362 g/mol. The molecule has 0 spiro atoms. The van der Waals surface area contributed by atoms with Gasteiger partial charge in [0, 0.05) is 31.9 Å². The van der Waals surface area contributed by atoms with Crippen molar-refractivity contribution in [2.24, 2.45) is 0 Å². The molecule has 144 valence electrons. The quantitative estimate of drug-likeness (QED) is 0.646. The third-order valence-corrected chi connectivity index (χ3v) is 5.18. The lowest BCUT2D eigenvalue weighted by molar-refractivity contribution is -0.139. The Bertz CT molecular complexity index is 569. The Hall–Kier alpha value is -1.57. The Morgan fingerprint density at radius 1 is 1.31 bits per heavy atom. The second-order valence-electron chi connectivity index (χ2n) is 7.44. The molecular formula is C19H30N4O3. The summed E-state index contributed by atoms with van der Waals surface area (Å²) in [6.07, 6.45) is 9.48. The summed E-state index contributed by atoms with van der Waals surface area (Å²) in [6, 6.07) is 0.229. The molecule has 0 aliphatic carbocycles. The number of aryl methyl sites for hydroxylation is 1. The van der Waals surface area contributed by atoms with Crippen molar-refractivity contribution in [2.45, 2.75) is 50.4 Å². The lowest BCUT2D eigenvalue weighted by atomic mass is 9.99. The number of aromatic nitrogens is 2. The zero-order valence-corrected chi connectivity index (χ0v) is 15.8. The van der Waals surface area contributed by atoms with Crippen LogP contribution in [0, 0.1) is 0 Å². The van der Waals surface area contributed by atoms with Crippen LogP contribution in [0.15, 0.2) is 18.7 Å². The molecule has 1 aromatic rings. The fraction of sp³-hybridized carbons (Fsp3) is 0.737. The zero-order valence-electron chi connectivity index (χ0n) is 15.8. The second-order valence-corrected chi connectivity index (χ2v) is 7.44. The van der Waals surface area contributed by atoms with Gasteiger partial charge in [0.05, 0.1) is 31.5 Å². The van der Waals surface area contributed by atoms with Crippen LogP contribution >= 0.6 is 0 Å². The third kappa shape index (κ3) is 5.22. The maximum Gasteiger partial charge on any atom is 0.223 e. The minimum atomic E-state index is 0.162. The molecule has 7 heteroatoms. The molecular weight excluding hydrogens is 332 g/mol. The van der Waals surface area contributed by atoms with Crippen LogP contribution in [0.2, 0.25) is 0 Å². The van der Waals surface area contributed by atoms with E-state index in [1.165, 1.54) is 6.33 Å². The fourth-order valence-electron chi connectivity index (χ4n) is 3.75. The van der Waals surface area contributed by atoms with Crippen molar-refractivity contribution in [3.05, 3.63) is 24.3 Å². The molecule has 3 rings (SSSR count). The van der Waals surface area contributed by atoms with Crippen LogP contribution in [0.1, 0.15) is 31.2 Å². The van der Waals surface area contributed by atoms with E-state index in [9.17, 15) is 4.79 Å². The van der Waals surface area contributed by atoms with Gasteiger partial charge in [-0.25, -0.2) is 9.97 Å². The molecule has 3 heterocycles. The van der Waals surface area contributed by atoms with Crippen LogP contribution in [0.4, 0.5) is 0 Å².